The molecule has 0 radical (unpaired) electrons. The quantitative estimate of drug-likeness (QED) is 0.896. The smallest absolute Gasteiger partial charge is 0.159 e. The molecule has 1 aromatic rings. The maximum Gasteiger partial charge on any atom is 0.159 e. The lowest BCUT2D eigenvalue weighted by atomic mass is 9.92. The van der Waals surface area contributed by atoms with Gasteiger partial charge in [0.2, 0.25) is 0 Å². The second-order valence-corrected chi connectivity index (χ2v) is 5.37. The molecular weight excluding hydrogens is 236 g/mol. The predicted octanol–water partition coefficient (Wildman–Crippen LogP) is 2.97. The third kappa shape index (κ3) is 2.70. The van der Waals surface area contributed by atoms with E-state index in [4.69, 9.17) is 4.74 Å². The van der Waals surface area contributed by atoms with E-state index in [1.807, 2.05) is 20.8 Å². The summed E-state index contributed by atoms with van der Waals surface area (Å²) in [4.78, 5) is 0. The predicted molar refractivity (Wildman–Crippen MR) is 66.3 cm³/mol. The molecule has 100 valence electrons. The first-order chi connectivity index (χ1) is 8.40. The molecule has 18 heavy (non-hydrogen) atoms. The molecule has 1 aliphatic heterocycles. The summed E-state index contributed by atoms with van der Waals surface area (Å²) in [6.45, 7) is 6.69. The summed E-state index contributed by atoms with van der Waals surface area (Å²) in [6.07, 6.45) is 1.09. The molecule has 1 aliphatic rings. The van der Waals surface area contributed by atoms with Gasteiger partial charge in [0, 0.05) is 18.2 Å². The van der Waals surface area contributed by atoms with E-state index in [2.05, 4.69) is 5.32 Å². The summed E-state index contributed by atoms with van der Waals surface area (Å²) in [5.41, 5.74) is 0.321. The summed E-state index contributed by atoms with van der Waals surface area (Å²) >= 11 is 0. The highest BCUT2D eigenvalue weighted by Gasteiger charge is 2.31. The fourth-order valence-corrected chi connectivity index (χ4v) is 2.35. The summed E-state index contributed by atoms with van der Waals surface area (Å²) in [5, 5.41) is 3.45. The van der Waals surface area contributed by atoms with E-state index in [-0.39, 0.29) is 12.1 Å². The molecule has 2 atom stereocenters. The van der Waals surface area contributed by atoms with E-state index in [1.54, 1.807) is 6.07 Å². The lowest BCUT2D eigenvalue weighted by Gasteiger charge is -2.32. The molecule has 1 aromatic carbocycles. The van der Waals surface area contributed by atoms with Gasteiger partial charge in [0.05, 0.1) is 6.10 Å². The van der Waals surface area contributed by atoms with E-state index in [0.717, 1.165) is 18.6 Å². The van der Waals surface area contributed by atoms with Gasteiger partial charge in [-0.2, -0.15) is 0 Å². The zero-order valence-corrected chi connectivity index (χ0v) is 11.0. The van der Waals surface area contributed by atoms with Gasteiger partial charge in [0.15, 0.2) is 11.6 Å². The second-order valence-electron chi connectivity index (χ2n) is 5.37. The molecule has 1 N–H and O–H groups in total. The Bertz CT molecular complexity index is 434. The second kappa shape index (κ2) is 4.94. The van der Waals surface area contributed by atoms with Crippen molar-refractivity contribution >= 4 is 0 Å². The number of halogens is 2. The van der Waals surface area contributed by atoms with Gasteiger partial charge in [-0.05, 0) is 44.9 Å². The zero-order valence-electron chi connectivity index (χ0n) is 11.0. The lowest BCUT2D eigenvalue weighted by molar-refractivity contribution is 0.106. The van der Waals surface area contributed by atoms with E-state index in [1.165, 1.54) is 12.1 Å². The Morgan fingerprint density at radius 2 is 2.00 bits per heavy atom. The van der Waals surface area contributed by atoms with Crippen molar-refractivity contribution < 1.29 is 13.5 Å². The maximum atomic E-state index is 13.3. The fraction of sp³-hybridized carbons (Fsp3) is 0.571. The van der Waals surface area contributed by atoms with Crippen LogP contribution in [0.25, 0.3) is 0 Å². The third-order valence-corrected chi connectivity index (χ3v) is 3.56. The Kier molecular flexibility index (Phi) is 3.69. The molecule has 1 saturated heterocycles. The van der Waals surface area contributed by atoms with Crippen molar-refractivity contribution in [2.24, 2.45) is 0 Å². The SMILES string of the molecule is CC1OCCC1NC(C)(C)c1ccc(F)c(F)c1. The first-order valence-electron chi connectivity index (χ1n) is 6.25. The number of benzene rings is 1. The van der Waals surface area contributed by atoms with Crippen LogP contribution >= 0.6 is 0 Å². The van der Waals surface area contributed by atoms with Gasteiger partial charge >= 0.3 is 0 Å². The minimum atomic E-state index is -0.813. The zero-order chi connectivity index (χ0) is 13.3. The van der Waals surface area contributed by atoms with Gasteiger partial charge in [-0.15, -0.1) is 0 Å². The van der Waals surface area contributed by atoms with E-state index in [0.29, 0.717) is 0 Å². The molecule has 0 saturated carbocycles. The molecule has 4 heteroatoms. The van der Waals surface area contributed by atoms with Crippen LogP contribution in [0, 0.1) is 11.6 Å². The number of hydrogen-bond donors (Lipinski definition) is 1. The van der Waals surface area contributed by atoms with Crippen molar-refractivity contribution in [3.05, 3.63) is 35.4 Å². The minimum Gasteiger partial charge on any atom is -0.377 e. The Morgan fingerprint density at radius 1 is 1.28 bits per heavy atom. The van der Waals surface area contributed by atoms with Crippen molar-refractivity contribution in [2.75, 3.05) is 6.61 Å². The summed E-state index contributed by atoms with van der Waals surface area (Å²) in [6, 6.07) is 4.28. The van der Waals surface area contributed by atoms with Crippen LogP contribution in [0.4, 0.5) is 8.78 Å². The molecule has 2 nitrogen and oxygen atoms in total. The van der Waals surface area contributed by atoms with Crippen LogP contribution in [-0.2, 0) is 10.3 Å². The Labute approximate surface area is 106 Å². The summed E-state index contributed by atoms with van der Waals surface area (Å²) in [5.74, 6) is -1.62. The standard InChI is InChI=1S/C14H19F2NO/c1-9-13(6-7-18-9)17-14(2,3)10-4-5-11(15)12(16)8-10/h4-5,8-9,13,17H,6-7H2,1-3H3. The molecule has 1 heterocycles. The van der Waals surface area contributed by atoms with Gasteiger partial charge < -0.3 is 10.1 Å². The topological polar surface area (TPSA) is 21.3 Å². The van der Waals surface area contributed by atoms with Gasteiger partial charge in [-0.1, -0.05) is 6.07 Å². The number of ether oxygens (including phenoxy) is 1. The first kappa shape index (κ1) is 13.4. The number of nitrogens with one attached hydrogen (secondary N) is 1. The monoisotopic (exact) mass is 255 g/mol. The van der Waals surface area contributed by atoms with Gasteiger partial charge in [0.1, 0.15) is 0 Å². The van der Waals surface area contributed by atoms with Gasteiger partial charge in [-0.3, -0.25) is 0 Å². The normalized spacial score (nSPS) is 24.5. The largest absolute Gasteiger partial charge is 0.377 e. The van der Waals surface area contributed by atoms with Gasteiger partial charge in [0.25, 0.3) is 0 Å². The van der Waals surface area contributed by atoms with E-state index < -0.39 is 17.2 Å². The highest BCUT2D eigenvalue weighted by atomic mass is 19.2. The van der Waals surface area contributed by atoms with Crippen molar-refractivity contribution in [1.29, 1.82) is 0 Å². The Hall–Kier alpha value is -1.00. The van der Waals surface area contributed by atoms with Gasteiger partial charge in [-0.25, -0.2) is 8.78 Å². The molecule has 2 unspecified atom stereocenters. The number of rotatable bonds is 3. The third-order valence-electron chi connectivity index (χ3n) is 3.56. The molecule has 1 fully saturated rings. The summed E-state index contributed by atoms with van der Waals surface area (Å²) in [7, 11) is 0. The van der Waals surface area contributed by atoms with Crippen molar-refractivity contribution in [1.82, 2.24) is 5.32 Å². The highest BCUT2D eigenvalue weighted by molar-refractivity contribution is 5.25. The molecule has 0 spiro atoms. The van der Waals surface area contributed by atoms with E-state index >= 15 is 0 Å². The summed E-state index contributed by atoms with van der Waals surface area (Å²) < 4.78 is 31.7. The fourth-order valence-electron chi connectivity index (χ4n) is 2.35. The highest BCUT2D eigenvalue weighted by Crippen LogP contribution is 2.25. The molecule has 0 aromatic heterocycles. The minimum absolute atomic E-state index is 0.148. The molecular formula is C14H19F2NO. The van der Waals surface area contributed by atoms with Crippen LogP contribution in [0.3, 0.4) is 0 Å². The van der Waals surface area contributed by atoms with Crippen molar-refractivity contribution in [3.8, 4) is 0 Å². The molecule has 0 bridgehead atoms. The maximum absolute atomic E-state index is 13.3. The van der Waals surface area contributed by atoms with Crippen molar-refractivity contribution in [3.63, 3.8) is 0 Å². The van der Waals surface area contributed by atoms with Crippen LogP contribution in [-0.4, -0.2) is 18.8 Å². The van der Waals surface area contributed by atoms with Crippen LogP contribution < -0.4 is 5.32 Å². The molecule has 0 aliphatic carbocycles. The first-order valence-corrected chi connectivity index (χ1v) is 6.25. The van der Waals surface area contributed by atoms with E-state index in [9.17, 15) is 8.78 Å². The number of hydrogen-bond acceptors (Lipinski definition) is 2. The molecule has 2 rings (SSSR count). The van der Waals surface area contributed by atoms with Crippen LogP contribution in [0.5, 0.6) is 0 Å². The van der Waals surface area contributed by atoms with Crippen LogP contribution in [0.15, 0.2) is 18.2 Å². The Balaban J connectivity index is 2.16. The lowest BCUT2D eigenvalue weighted by Crippen LogP contribution is -2.46. The van der Waals surface area contributed by atoms with Crippen LogP contribution in [0.2, 0.25) is 0 Å². The molecule has 0 amide bonds. The average Bonchev–Trinajstić information content (AvgIpc) is 2.67. The van der Waals surface area contributed by atoms with Crippen molar-refractivity contribution in [2.45, 2.75) is 44.9 Å². The van der Waals surface area contributed by atoms with Crippen LogP contribution in [0.1, 0.15) is 32.8 Å². The Morgan fingerprint density at radius 3 is 2.56 bits per heavy atom. The average molecular weight is 255 g/mol.